The Kier molecular flexibility index (Phi) is 3.87. The lowest BCUT2D eigenvalue weighted by molar-refractivity contribution is 0.250. The van der Waals surface area contributed by atoms with Gasteiger partial charge in [0.05, 0.1) is 11.7 Å². The molecule has 2 amide bonds. The largest absolute Gasteiger partial charge is 0.327 e. The van der Waals surface area contributed by atoms with Gasteiger partial charge in [0.15, 0.2) is 0 Å². The molecular weight excluding hydrogens is 350 g/mol. The van der Waals surface area contributed by atoms with Gasteiger partial charge in [-0.15, -0.1) is 10.2 Å². The Bertz CT molecular complexity index is 1110. The van der Waals surface area contributed by atoms with Gasteiger partial charge in [0, 0.05) is 5.69 Å². The topological polar surface area (TPSA) is 71.8 Å². The van der Waals surface area contributed by atoms with E-state index in [2.05, 4.69) is 45.1 Å². The van der Waals surface area contributed by atoms with E-state index in [1.54, 1.807) is 17.2 Å². The number of aromatic nitrogens is 3. The predicted molar refractivity (Wildman–Crippen MR) is 107 cm³/mol. The maximum absolute atomic E-state index is 12.7. The number of urea groups is 1. The molecule has 5 rings (SSSR count). The number of anilines is 1. The highest BCUT2D eigenvalue weighted by Gasteiger charge is 2.29. The number of carbonyl (C=O) groups excluding carboxylic acids is 1. The zero-order valence-electron chi connectivity index (χ0n) is 14.9. The Morgan fingerprint density at radius 3 is 2.14 bits per heavy atom. The second kappa shape index (κ2) is 6.66. The van der Waals surface area contributed by atoms with Crippen molar-refractivity contribution in [2.24, 2.45) is 0 Å². The van der Waals surface area contributed by atoms with Crippen LogP contribution in [0.3, 0.4) is 0 Å². The van der Waals surface area contributed by atoms with Crippen molar-refractivity contribution in [2.45, 2.75) is 6.04 Å². The molecule has 1 heterocycles. The number of amides is 2. The smallest absolute Gasteiger partial charge is 0.319 e. The highest BCUT2D eigenvalue weighted by molar-refractivity contribution is 5.91. The van der Waals surface area contributed by atoms with E-state index < -0.39 is 0 Å². The van der Waals surface area contributed by atoms with Crippen molar-refractivity contribution in [1.82, 2.24) is 20.1 Å². The monoisotopic (exact) mass is 367 g/mol. The number of carbonyl (C=O) groups is 1. The molecule has 2 N–H and O–H groups in total. The lowest BCUT2D eigenvalue weighted by atomic mass is 10.1. The van der Waals surface area contributed by atoms with Crippen LogP contribution in [-0.2, 0) is 0 Å². The first-order valence-electron chi connectivity index (χ1n) is 9.00. The Morgan fingerprint density at radius 1 is 0.821 bits per heavy atom. The highest BCUT2D eigenvalue weighted by Crippen LogP contribution is 2.42. The Labute approximate surface area is 161 Å². The molecule has 6 heteroatoms. The molecule has 0 atom stereocenters. The second-order valence-corrected chi connectivity index (χ2v) is 6.63. The van der Waals surface area contributed by atoms with Gasteiger partial charge >= 0.3 is 6.03 Å². The molecular formula is C22H17N5O. The predicted octanol–water partition coefficient (Wildman–Crippen LogP) is 4.16. The molecule has 1 aromatic heterocycles. The number of nitrogens with one attached hydrogen (secondary N) is 2. The molecule has 1 aliphatic rings. The normalized spacial score (nSPS) is 12.3. The second-order valence-electron chi connectivity index (χ2n) is 6.63. The van der Waals surface area contributed by atoms with E-state index in [0.29, 0.717) is 5.69 Å². The molecule has 0 saturated carbocycles. The van der Waals surface area contributed by atoms with Crippen LogP contribution in [0.1, 0.15) is 17.2 Å². The molecule has 0 fully saturated rings. The first-order chi connectivity index (χ1) is 13.8. The van der Waals surface area contributed by atoms with Crippen molar-refractivity contribution in [2.75, 3.05) is 5.32 Å². The Balaban J connectivity index is 1.39. The molecule has 1 aliphatic carbocycles. The summed E-state index contributed by atoms with van der Waals surface area (Å²) in [4.78, 5) is 12.7. The summed E-state index contributed by atoms with van der Waals surface area (Å²) in [7, 11) is 0. The first-order valence-corrected chi connectivity index (χ1v) is 9.00. The number of fused-ring (bicyclic) bond motifs is 3. The minimum absolute atomic E-state index is 0.173. The lowest BCUT2D eigenvalue weighted by Gasteiger charge is -2.17. The Hall–Kier alpha value is -3.93. The molecule has 0 radical (unpaired) electrons. The summed E-state index contributed by atoms with van der Waals surface area (Å²) in [6, 6.07) is 23.5. The maximum atomic E-state index is 12.7. The third kappa shape index (κ3) is 2.81. The first kappa shape index (κ1) is 16.3. The number of benzene rings is 3. The summed E-state index contributed by atoms with van der Waals surface area (Å²) in [5.74, 6) is 0. The zero-order chi connectivity index (χ0) is 18.9. The molecule has 6 nitrogen and oxygen atoms in total. The molecule has 136 valence electrons. The summed E-state index contributed by atoms with van der Waals surface area (Å²) >= 11 is 0. The van der Waals surface area contributed by atoms with E-state index in [0.717, 1.165) is 27.9 Å². The van der Waals surface area contributed by atoms with Gasteiger partial charge < -0.3 is 10.6 Å². The minimum Gasteiger partial charge on any atom is -0.327 e. The molecule has 4 aromatic rings. The van der Waals surface area contributed by atoms with Gasteiger partial charge in [0.2, 0.25) is 0 Å². The SMILES string of the molecule is O=C(Nc1cccc(-n2cnnc2)c1)NC1c2ccccc2-c2ccccc21. The van der Waals surface area contributed by atoms with Crippen LogP contribution in [0.15, 0.2) is 85.5 Å². The van der Waals surface area contributed by atoms with Gasteiger partial charge in [-0.3, -0.25) is 4.57 Å². The van der Waals surface area contributed by atoms with Gasteiger partial charge in [-0.05, 0) is 40.5 Å². The summed E-state index contributed by atoms with van der Waals surface area (Å²) in [5.41, 5.74) is 6.12. The van der Waals surface area contributed by atoms with Crippen molar-refractivity contribution < 1.29 is 4.79 Å². The van der Waals surface area contributed by atoms with Crippen LogP contribution in [0, 0.1) is 0 Å². The van der Waals surface area contributed by atoms with E-state index in [1.165, 1.54) is 0 Å². The summed E-state index contributed by atoms with van der Waals surface area (Å²) in [6.45, 7) is 0. The number of nitrogens with zero attached hydrogens (tertiary/aromatic N) is 3. The van der Waals surface area contributed by atoms with Crippen molar-refractivity contribution in [1.29, 1.82) is 0 Å². The van der Waals surface area contributed by atoms with Crippen molar-refractivity contribution in [3.05, 3.63) is 96.6 Å². The van der Waals surface area contributed by atoms with Crippen LogP contribution < -0.4 is 10.6 Å². The molecule has 0 bridgehead atoms. The summed E-state index contributed by atoms with van der Waals surface area (Å²) in [5, 5.41) is 13.7. The average molecular weight is 367 g/mol. The number of hydrogen-bond donors (Lipinski definition) is 2. The van der Waals surface area contributed by atoms with Crippen LogP contribution in [0.2, 0.25) is 0 Å². The third-order valence-corrected chi connectivity index (χ3v) is 4.93. The van der Waals surface area contributed by atoms with Gasteiger partial charge in [0.1, 0.15) is 12.7 Å². The van der Waals surface area contributed by atoms with Crippen LogP contribution in [0.5, 0.6) is 0 Å². The average Bonchev–Trinajstić information content (AvgIpc) is 3.36. The molecule has 3 aromatic carbocycles. The molecule has 28 heavy (non-hydrogen) atoms. The van der Waals surface area contributed by atoms with Gasteiger partial charge in [-0.25, -0.2) is 4.79 Å². The maximum Gasteiger partial charge on any atom is 0.319 e. The van der Waals surface area contributed by atoms with Crippen molar-refractivity contribution >= 4 is 11.7 Å². The van der Waals surface area contributed by atoms with Crippen LogP contribution >= 0.6 is 0 Å². The quantitative estimate of drug-likeness (QED) is 0.571. The van der Waals surface area contributed by atoms with E-state index in [-0.39, 0.29) is 12.1 Å². The highest BCUT2D eigenvalue weighted by atomic mass is 16.2. The molecule has 0 unspecified atom stereocenters. The zero-order valence-corrected chi connectivity index (χ0v) is 14.9. The van der Waals surface area contributed by atoms with E-state index >= 15 is 0 Å². The lowest BCUT2D eigenvalue weighted by Crippen LogP contribution is -2.32. The number of rotatable bonds is 3. The van der Waals surface area contributed by atoms with Gasteiger partial charge in [-0.1, -0.05) is 54.6 Å². The Morgan fingerprint density at radius 2 is 1.46 bits per heavy atom. The molecule has 0 saturated heterocycles. The van der Waals surface area contributed by atoms with E-state index in [1.807, 2.05) is 48.5 Å². The summed E-state index contributed by atoms with van der Waals surface area (Å²) < 4.78 is 1.78. The van der Waals surface area contributed by atoms with Crippen molar-refractivity contribution in [3.63, 3.8) is 0 Å². The van der Waals surface area contributed by atoms with Crippen LogP contribution in [0.4, 0.5) is 10.5 Å². The third-order valence-electron chi connectivity index (χ3n) is 4.93. The fourth-order valence-electron chi connectivity index (χ4n) is 3.69. The van der Waals surface area contributed by atoms with Gasteiger partial charge in [0.25, 0.3) is 0 Å². The number of hydrogen-bond acceptors (Lipinski definition) is 3. The fourth-order valence-corrected chi connectivity index (χ4v) is 3.69. The van der Waals surface area contributed by atoms with Gasteiger partial charge in [-0.2, -0.15) is 0 Å². The summed E-state index contributed by atoms with van der Waals surface area (Å²) in [6.07, 6.45) is 3.23. The standard InChI is InChI=1S/C22H17N5O/c28-22(25-15-6-5-7-16(12-15)27-13-23-24-14-27)26-21-19-10-3-1-8-17(19)18-9-2-4-11-20(18)21/h1-14,21H,(H2,25,26,28). The van der Waals surface area contributed by atoms with Crippen LogP contribution in [0.25, 0.3) is 16.8 Å². The minimum atomic E-state index is -0.252. The fraction of sp³-hybridized carbons (Fsp3) is 0.0455. The molecule has 0 spiro atoms. The van der Waals surface area contributed by atoms with E-state index in [4.69, 9.17) is 0 Å². The van der Waals surface area contributed by atoms with Crippen LogP contribution in [-0.4, -0.2) is 20.8 Å². The van der Waals surface area contributed by atoms with Crippen molar-refractivity contribution in [3.8, 4) is 16.8 Å². The van der Waals surface area contributed by atoms with E-state index in [9.17, 15) is 4.79 Å². The molecule has 0 aliphatic heterocycles.